The van der Waals surface area contributed by atoms with E-state index < -0.39 is 0 Å². The third-order valence-electron chi connectivity index (χ3n) is 4.21. The van der Waals surface area contributed by atoms with Gasteiger partial charge in [0.2, 0.25) is 0 Å². The number of piperidine rings is 1. The number of hydrogen-bond donors (Lipinski definition) is 1. The summed E-state index contributed by atoms with van der Waals surface area (Å²) in [4.78, 5) is 13.9. The molecule has 1 saturated carbocycles. The van der Waals surface area contributed by atoms with Gasteiger partial charge in [0, 0.05) is 31.1 Å². The van der Waals surface area contributed by atoms with E-state index in [9.17, 15) is 4.79 Å². The molecule has 90 valence electrons. The van der Waals surface area contributed by atoms with Crippen molar-refractivity contribution in [2.75, 3.05) is 6.54 Å². The Bertz CT molecular complexity index is 300. The van der Waals surface area contributed by atoms with Gasteiger partial charge < -0.3 is 5.73 Å². The van der Waals surface area contributed by atoms with Gasteiger partial charge in [-0.25, -0.2) is 0 Å². The first-order valence-corrected chi connectivity index (χ1v) is 6.21. The summed E-state index contributed by atoms with van der Waals surface area (Å²) in [5.74, 6) is 1.20. The first-order chi connectivity index (χ1) is 7.54. The molecule has 2 N–H and O–H groups in total. The van der Waals surface area contributed by atoms with Gasteiger partial charge in [0.15, 0.2) is 5.78 Å². The summed E-state index contributed by atoms with van der Waals surface area (Å²) in [5.41, 5.74) is 6.24. The summed E-state index contributed by atoms with van der Waals surface area (Å²) < 4.78 is 0. The van der Waals surface area contributed by atoms with Gasteiger partial charge in [0.05, 0.1) is 0 Å². The molecule has 0 radical (unpaired) electrons. The molecule has 2 fully saturated rings. The minimum Gasteiger partial charge on any atom is -0.326 e. The van der Waals surface area contributed by atoms with Gasteiger partial charge in [0.25, 0.3) is 0 Å². The van der Waals surface area contributed by atoms with E-state index in [4.69, 9.17) is 5.73 Å². The van der Waals surface area contributed by atoms with Crippen molar-refractivity contribution in [3.05, 3.63) is 12.7 Å². The molecule has 0 aromatic rings. The van der Waals surface area contributed by atoms with E-state index in [2.05, 4.69) is 25.3 Å². The summed E-state index contributed by atoms with van der Waals surface area (Å²) in [5, 5.41) is 0. The van der Waals surface area contributed by atoms with Gasteiger partial charge in [-0.1, -0.05) is 6.58 Å². The maximum Gasteiger partial charge on any atom is 0.155 e. The molecule has 1 aliphatic heterocycles. The lowest BCUT2D eigenvalue weighted by molar-refractivity contribution is -0.116. The van der Waals surface area contributed by atoms with Gasteiger partial charge in [-0.05, 0) is 38.2 Å². The minimum atomic E-state index is 0.161. The van der Waals surface area contributed by atoms with E-state index in [1.807, 2.05) is 0 Å². The molecule has 0 aromatic heterocycles. The number of fused-ring (bicyclic) bond motifs is 2. The molecular weight excluding hydrogens is 200 g/mol. The summed E-state index contributed by atoms with van der Waals surface area (Å²) in [6.07, 6.45) is 3.19. The van der Waals surface area contributed by atoms with Crippen molar-refractivity contribution in [2.45, 2.75) is 44.8 Å². The fourth-order valence-corrected chi connectivity index (χ4v) is 3.46. The third-order valence-corrected chi connectivity index (χ3v) is 4.21. The zero-order chi connectivity index (χ0) is 11.9. The lowest BCUT2D eigenvalue weighted by Crippen LogP contribution is -2.46. The Balaban J connectivity index is 2.07. The SMILES string of the molecule is C=CC(=O)C[C@H]1C[C@@H]2CN(C(C)C)[C@H]1[C@@H]2N. The second-order valence-electron chi connectivity index (χ2n) is 5.49. The second kappa shape index (κ2) is 4.30. The van der Waals surface area contributed by atoms with Gasteiger partial charge >= 0.3 is 0 Å². The number of ketones is 1. The van der Waals surface area contributed by atoms with Crippen LogP contribution in [0.4, 0.5) is 0 Å². The molecule has 2 rings (SSSR count). The summed E-state index contributed by atoms with van der Waals surface area (Å²) >= 11 is 0. The zero-order valence-corrected chi connectivity index (χ0v) is 10.2. The maximum atomic E-state index is 11.4. The second-order valence-corrected chi connectivity index (χ2v) is 5.49. The van der Waals surface area contributed by atoms with Crippen molar-refractivity contribution < 1.29 is 4.79 Å². The van der Waals surface area contributed by atoms with Crippen LogP contribution in [0.2, 0.25) is 0 Å². The van der Waals surface area contributed by atoms with E-state index in [0.29, 0.717) is 30.3 Å². The van der Waals surface area contributed by atoms with E-state index >= 15 is 0 Å². The lowest BCUT2D eigenvalue weighted by atomic mass is 9.92. The number of allylic oxidation sites excluding steroid dienone is 1. The van der Waals surface area contributed by atoms with Gasteiger partial charge in [-0.15, -0.1) is 0 Å². The largest absolute Gasteiger partial charge is 0.326 e. The molecule has 0 amide bonds. The summed E-state index contributed by atoms with van der Waals surface area (Å²) in [6, 6.07) is 1.21. The molecule has 2 aliphatic rings. The van der Waals surface area contributed by atoms with Crippen LogP contribution in [-0.2, 0) is 4.79 Å². The first kappa shape index (κ1) is 11.8. The third kappa shape index (κ3) is 1.82. The van der Waals surface area contributed by atoms with Crippen LogP contribution in [0.1, 0.15) is 26.7 Å². The quantitative estimate of drug-likeness (QED) is 0.727. The highest BCUT2D eigenvalue weighted by atomic mass is 16.1. The minimum absolute atomic E-state index is 0.161. The lowest BCUT2D eigenvalue weighted by Gasteiger charge is -2.35. The van der Waals surface area contributed by atoms with Crippen LogP contribution in [0.15, 0.2) is 12.7 Å². The van der Waals surface area contributed by atoms with Crippen LogP contribution >= 0.6 is 0 Å². The van der Waals surface area contributed by atoms with Crippen LogP contribution in [0.3, 0.4) is 0 Å². The van der Waals surface area contributed by atoms with Crippen molar-refractivity contribution >= 4 is 5.78 Å². The Labute approximate surface area is 97.7 Å². The Hall–Kier alpha value is -0.670. The maximum absolute atomic E-state index is 11.4. The number of carbonyl (C=O) groups excluding carboxylic acids is 1. The van der Waals surface area contributed by atoms with Crippen LogP contribution in [0.5, 0.6) is 0 Å². The molecule has 1 saturated heterocycles. The van der Waals surface area contributed by atoms with E-state index in [-0.39, 0.29) is 11.8 Å². The smallest absolute Gasteiger partial charge is 0.155 e. The number of nitrogens with two attached hydrogens (primary N) is 1. The van der Waals surface area contributed by atoms with Crippen molar-refractivity contribution in [3.63, 3.8) is 0 Å². The van der Waals surface area contributed by atoms with E-state index in [1.165, 1.54) is 6.08 Å². The molecule has 1 heterocycles. The molecule has 0 unspecified atom stereocenters. The van der Waals surface area contributed by atoms with Crippen molar-refractivity contribution in [2.24, 2.45) is 17.6 Å². The average molecular weight is 222 g/mol. The predicted octanol–water partition coefficient (Wildman–Crippen LogP) is 1.19. The van der Waals surface area contributed by atoms with E-state index in [1.54, 1.807) is 0 Å². The fraction of sp³-hybridized carbons (Fsp3) is 0.769. The fourth-order valence-electron chi connectivity index (χ4n) is 3.46. The highest BCUT2D eigenvalue weighted by molar-refractivity contribution is 5.89. The number of likely N-dealkylation sites (tertiary alicyclic amines) is 1. The molecule has 1 aliphatic carbocycles. The number of carbonyl (C=O) groups is 1. The highest BCUT2D eigenvalue weighted by Crippen LogP contribution is 2.43. The molecule has 2 bridgehead atoms. The van der Waals surface area contributed by atoms with Crippen LogP contribution in [0.25, 0.3) is 0 Å². The normalized spacial score (nSPS) is 38.2. The highest BCUT2D eigenvalue weighted by Gasteiger charge is 2.51. The Kier molecular flexibility index (Phi) is 3.17. The number of rotatable bonds is 4. The standard InChI is InChI=1S/C13H22N2O/c1-4-11(16)6-9-5-10-7-15(8(2)3)13(9)12(10)14/h4,8-10,12-13H,1,5-7,14H2,2-3H3/t9-,10-,12-,13-/m1/s1. The zero-order valence-electron chi connectivity index (χ0n) is 10.2. The van der Waals surface area contributed by atoms with Gasteiger partial charge in [-0.2, -0.15) is 0 Å². The molecule has 3 heteroatoms. The molecule has 4 atom stereocenters. The Morgan fingerprint density at radius 1 is 1.62 bits per heavy atom. The first-order valence-electron chi connectivity index (χ1n) is 6.21. The monoisotopic (exact) mass is 222 g/mol. The molecule has 16 heavy (non-hydrogen) atoms. The predicted molar refractivity (Wildman–Crippen MR) is 65.0 cm³/mol. The molecule has 3 nitrogen and oxygen atoms in total. The molecule has 0 spiro atoms. The van der Waals surface area contributed by atoms with Crippen molar-refractivity contribution in [1.29, 1.82) is 0 Å². The summed E-state index contributed by atoms with van der Waals surface area (Å²) in [6.45, 7) is 9.07. The van der Waals surface area contributed by atoms with Crippen LogP contribution in [0, 0.1) is 11.8 Å². The van der Waals surface area contributed by atoms with E-state index in [0.717, 1.165) is 13.0 Å². The van der Waals surface area contributed by atoms with Crippen LogP contribution < -0.4 is 5.73 Å². The topological polar surface area (TPSA) is 46.3 Å². The number of nitrogens with zero attached hydrogens (tertiary/aromatic N) is 1. The van der Waals surface area contributed by atoms with Crippen molar-refractivity contribution in [3.8, 4) is 0 Å². The Morgan fingerprint density at radius 3 is 2.81 bits per heavy atom. The number of hydrogen-bond acceptors (Lipinski definition) is 3. The molecular formula is C13H22N2O. The van der Waals surface area contributed by atoms with Crippen LogP contribution in [-0.4, -0.2) is 35.4 Å². The van der Waals surface area contributed by atoms with Crippen molar-refractivity contribution in [1.82, 2.24) is 4.90 Å². The molecule has 0 aromatic carbocycles. The summed E-state index contributed by atoms with van der Waals surface area (Å²) in [7, 11) is 0. The average Bonchev–Trinajstić information content (AvgIpc) is 2.71. The van der Waals surface area contributed by atoms with Gasteiger partial charge in [0.1, 0.15) is 0 Å². The Morgan fingerprint density at radius 2 is 2.31 bits per heavy atom. The van der Waals surface area contributed by atoms with Gasteiger partial charge in [-0.3, -0.25) is 9.69 Å².